The van der Waals surface area contributed by atoms with E-state index in [-0.39, 0.29) is 36.4 Å². The second-order valence-electron chi connectivity index (χ2n) is 9.00. The fourth-order valence-corrected chi connectivity index (χ4v) is 4.67. The third-order valence-electron chi connectivity index (χ3n) is 6.19. The van der Waals surface area contributed by atoms with E-state index in [0.717, 1.165) is 6.42 Å². The molecule has 2 fully saturated rings. The summed E-state index contributed by atoms with van der Waals surface area (Å²) in [5.74, 6) is 0.337. The van der Waals surface area contributed by atoms with Gasteiger partial charge in [0.2, 0.25) is 0 Å². The maximum Gasteiger partial charge on any atom is 0.186 e. The molecular weight excluding hydrogens is 356 g/mol. The predicted molar refractivity (Wildman–Crippen MR) is 96.6 cm³/mol. The van der Waals surface area contributed by atoms with Crippen LogP contribution in [0.25, 0.3) is 0 Å². The fraction of sp³-hybridized carbons (Fsp3) is 1.00. The summed E-state index contributed by atoms with van der Waals surface area (Å²) in [6.45, 7) is 6.01. The largest absolute Gasteiger partial charge is 0.396 e. The molecule has 0 unspecified atom stereocenters. The van der Waals surface area contributed by atoms with Gasteiger partial charge >= 0.3 is 0 Å². The Morgan fingerprint density at radius 1 is 1.04 bits per heavy atom. The van der Waals surface area contributed by atoms with Crippen LogP contribution in [0.2, 0.25) is 0 Å². The van der Waals surface area contributed by atoms with E-state index in [2.05, 4.69) is 13.8 Å². The molecule has 8 heteroatoms. The van der Waals surface area contributed by atoms with Crippen molar-refractivity contribution in [1.29, 1.82) is 0 Å². The summed E-state index contributed by atoms with van der Waals surface area (Å²) in [5.41, 5.74) is -0.109. The molecular formula is C19H36O8. The highest BCUT2D eigenvalue weighted by Crippen LogP contribution is 2.47. The predicted octanol–water partition coefficient (Wildman–Crippen LogP) is -0.765. The van der Waals surface area contributed by atoms with Gasteiger partial charge in [0.25, 0.3) is 0 Å². The van der Waals surface area contributed by atoms with Gasteiger partial charge in [-0.25, -0.2) is 0 Å². The summed E-state index contributed by atoms with van der Waals surface area (Å²) in [7, 11) is 0. The molecule has 1 saturated carbocycles. The molecule has 9 atom stereocenters. The Bertz CT molecular complexity index is 457. The van der Waals surface area contributed by atoms with E-state index in [4.69, 9.17) is 9.47 Å². The van der Waals surface area contributed by atoms with Crippen LogP contribution in [-0.2, 0) is 9.47 Å². The summed E-state index contributed by atoms with van der Waals surface area (Å²) >= 11 is 0. The molecule has 0 aromatic heterocycles. The molecule has 1 aliphatic carbocycles. The molecule has 0 bridgehead atoms. The zero-order valence-electron chi connectivity index (χ0n) is 16.4. The highest BCUT2D eigenvalue weighted by Gasteiger charge is 2.45. The van der Waals surface area contributed by atoms with Crippen LogP contribution in [0.3, 0.4) is 0 Å². The van der Waals surface area contributed by atoms with E-state index in [9.17, 15) is 30.6 Å². The molecule has 27 heavy (non-hydrogen) atoms. The minimum absolute atomic E-state index is 0.0264. The van der Waals surface area contributed by atoms with Gasteiger partial charge in [0.1, 0.15) is 24.4 Å². The molecule has 2 rings (SSSR count). The van der Waals surface area contributed by atoms with Crippen LogP contribution in [0.1, 0.15) is 40.0 Å². The lowest BCUT2D eigenvalue weighted by Gasteiger charge is -2.47. The van der Waals surface area contributed by atoms with E-state index >= 15 is 0 Å². The second-order valence-corrected chi connectivity index (χ2v) is 9.00. The number of hydrogen-bond donors (Lipinski definition) is 6. The SMILES string of the molecule is C[C@H](CO[C@@H]1O[C@H](CO)[C@@H](O)[C@H](O)[C@H]1O)C[C@@H]1[C@@H](CO)C[C@H](O)CC1(C)C. The normalized spacial score (nSPS) is 43.4. The molecule has 1 heterocycles. The molecule has 0 amide bonds. The second kappa shape index (κ2) is 9.45. The smallest absolute Gasteiger partial charge is 0.186 e. The van der Waals surface area contributed by atoms with Crippen molar-refractivity contribution in [3.63, 3.8) is 0 Å². The van der Waals surface area contributed by atoms with Gasteiger partial charge in [-0.15, -0.1) is 0 Å². The first-order chi connectivity index (χ1) is 12.6. The third-order valence-corrected chi connectivity index (χ3v) is 6.19. The van der Waals surface area contributed by atoms with Crippen molar-refractivity contribution in [2.75, 3.05) is 19.8 Å². The highest BCUT2D eigenvalue weighted by molar-refractivity contribution is 4.92. The number of rotatable bonds is 7. The average molecular weight is 392 g/mol. The maximum atomic E-state index is 10.1. The summed E-state index contributed by atoms with van der Waals surface area (Å²) in [4.78, 5) is 0. The first kappa shape index (κ1) is 23.0. The number of hydrogen-bond acceptors (Lipinski definition) is 8. The van der Waals surface area contributed by atoms with Crippen LogP contribution in [0.15, 0.2) is 0 Å². The number of ether oxygens (including phenoxy) is 2. The number of aliphatic hydroxyl groups excluding tert-OH is 6. The Morgan fingerprint density at radius 3 is 2.30 bits per heavy atom. The Balaban J connectivity index is 1.92. The van der Waals surface area contributed by atoms with Gasteiger partial charge in [-0.1, -0.05) is 20.8 Å². The molecule has 160 valence electrons. The molecule has 0 aromatic rings. The third kappa shape index (κ3) is 5.39. The zero-order valence-corrected chi connectivity index (χ0v) is 16.4. The van der Waals surface area contributed by atoms with Gasteiger partial charge in [-0.3, -0.25) is 0 Å². The zero-order chi connectivity index (χ0) is 20.4. The highest BCUT2D eigenvalue weighted by atomic mass is 16.7. The molecule has 8 nitrogen and oxygen atoms in total. The molecule has 0 radical (unpaired) electrons. The van der Waals surface area contributed by atoms with Crippen LogP contribution in [-0.4, -0.2) is 87.3 Å². The first-order valence-electron chi connectivity index (χ1n) is 9.81. The van der Waals surface area contributed by atoms with Crippen LogP contribution >= 0.6 is 0 Å². The van der Waals surface area contributed by atoms with Gasteiger partial charge in [0.05, 0.1) is 19.3 Å². The fourth-order valence-electron chi connectivity index (χ4n) is 4.67. The van der Waals surface area contributed by atoms with E-state index in [0.29, 0.717) is 12.8 Å². The summed E-state index contributed by atoms with van der Waals surface area (Å²) in [6.07, 6.45) is -4.70. The Hall–Kier alpha value is -0.320. The molecule has 2 aliphatic rings. The van der Waals surface area contributed by atoms with Gasteiger partial charge in [0.15, 0.2) is 6.29 Å². The summed E-state index contributed by atoms with van der Waals surface area (Å²) in [5, 5.41) is 58.7. The van der Waals surface area contributed by atoms with Crippen molar-refractivity contribution in [2.45, 2.75) is 76.8 Å². The van der Waals surface area contributed by atoms with Crippen LogP contribution in [0, 0.1) is 23.2 Å². The minimum Gasteiger partial charge on any atom is -0.396 e. The van der Waals surface area contributed by atoms with Crippen molar-refractivity contribution >= 4 is 0 Å². The lowest BCUT2D eigenvalue weighted by Crippen LogP contribution is -2.59. The Kier molecular flexibility index (Phi) is 8.04. The summed E-state index contributed by atoms with van der Waals surface area (Å²) < 4.78 is 11.0. The number of aliphatic hydroxyl groups is 6. The van der Waals surface area contributed by atoms with Crippen molar-refractivity contribution in [2.24, 2.45) is 23.2 Å². The topological polar surface area (TPSA) is 140 Å². The van der Waals surface area contributed by atoms with E-state index < -0.39 is 43.4 Å². The lowest BCUT2D eigenvalue weighted by molar-refractivity contribution is -0.303. The quantitative estimate of drug-likeness (QED) is 0.332. The maximum absolute atomic E-state index is 10.1. The van der Waals surface area contributed by atoms with Gasteiger partial charge in [0, 0.05) is 6.61 Å². The van der Waals surface area contributed by atoms with Crippen molar-refractivity contribution in [3.05, 3.63) is 0 Å². The minimum atomic E-state index is -1.45. The van der Waals surface area contributed by atoms with Crippen molar-refractivity contribution in [1.82, 2.24) is 0 Å². The standard InChI is InChI=1S/C19H36O8/c1-10(4-13-11(7-20)5-12(22)6-19(13,2)3)9-26-18-17(25)16(24)15(23)14(8-21)27-18/h10-18,20-25H,4-9H2,1-3H3/t10-,11+,12-,13+,14+,15+,16-,17+,18+/m0/s1. The molecule has 1 saturated heterocycles. The van der Waals surface area contributed by atoms with Crippen LogP contribution in [0.5, 0.6) is 0 Å². The van der Waals surface area contributed by atoms with Gasteiger partial charge in [-0.2, -0.15) is 0 Å². The summed E-state index contributed by atoms with van der Waals surface area (Å²) in [6, 6.07) is 0. The molecule has 0 spiro atoms. The van der Waals surface area contributed by atoms with Crippen LogP contribution < -0.4 is 0 Å². The first-order valence-corrected chi connectivity index (χ1v) is 9.81. The Morgan fingerprint density at radius 2 is 1.70 bits per heavy atom. The monoisotopic (exact) mass is 392 g/mol. The molecule has 1 aliphatic heterocycles. The average Bonchev–Trinajstić information content (AvgIpc) is 2.60. The van der Waals surface area contributed by atoms with E-state index in [1.807, 2.05) is 6.92 Å². The Labute approximate surface area is 160 Å². The van der Waals surface area contributed by atoms with Crippen molar-refractivity contribution in [3.8, 4) is 0 Å². The molecule has 6 N–H and O–H groups in total. The van der Waals surface area contributed by atoms with E-state index in [1.165, 1.54) is 0 Å². The van der Waals surface area contributed by atoms with Crippen molar-refractivity contribution < 1.29 is 40.1 Å². The van der Waals surface area contributed by atoms with Crippen LogP contribution in [0.4, 0.5) is 0 Å². The lowest BCUT2D eigenvalue weighted by atomic mass is 9.60. The van der Waals surface area contributed by atoms with Gasteiger partial charge in [-0.05, 0) is 42.4 Å². The molecule has 0 aromatic carbocycles. The van der Waals surface area contributed by atoms with E-state index in [1.54, 1.807) is 0 Å². The van der Waals surface area contributed by atoms with Gasteiger partial charge < -0.3 is 40.1 Å².